The molecule has 34 heavy (non-hydrogen) atoms. The second-order valence-electron chi connectivity index (χ2n) is 8.91. The SMILES string of the molecule is CCN(CC)CC(O)COc1ccc(Nc2ncc3ccc(=O)n(C4CCCCC4)c3n2)cc1. The highest BCUT2D eigenvalue weighted by molar-refractivity contribution is 5.75. The van der Waals surface area contributed by atoms with Crippen LogP contribution in [-0.4, -0.2) is 56.9 Å². The molecule has 1 fully saturated rings. The van der Waals surface area contributed by atoms with Gasteiger partial charge in [0.1, 0.15) is 24.1 Å². The average molecular weight is 466 g/mol. The van der Waals surface area contributed by atoms with Gasteiger partial charge < -0.3 is 20.1 Å². The molecule has 3 aromatic rings. The molecule has 8 nitrogen and oxygen atoms in total. The lowest BCUT2D eigenvalue weighted by Crippen LogP contribution is -2.35. The van der Waals surface area contributed by atoms with Gasteiger partial charge in [-0.25, -0.2) is 4.98 Å². The number of pyridine rings is 1. The van der Waals surface area contributed by atoms with E-state index in [0.29, 0.717) is 23.9 Å². The molecule has 0 spiro atoms. The predicted molar refractivity (Wildman–Crippen MR) is 135 cm³/mol. The average Bonchev–Trinajstić information content (AvgIpc) is 2.87. The van der Waals surface area contributed by atoms with Crippen LogP contribution in [0.1, 0.15) is 52.0 Å². The van der Waals surface area contributed by atoms with Gasteiger partial charge in [-0.3, -0.25) is 9.36 Å². The lowest BCUT2D eigenvalue weighted by molar-refractivity contribution is 0.0716. The topological polar surface area (TPSA) is 92.5 Å². The fourth-order valence-electron chi connectivity index (χ4n) is 4.58. The van der Waals surface area contributed by atoms with Crippen molar-refractivity contribution < 1.29 is 9.84 Å². The summed E-state index contributed by atoms with van der Waals surface area (Å²) < 4.78 is 7.59. The van der Waals surface area contributed by atoms with Gasteiger partial charge in [-0.05, 0) is 56.3 Å². The number of aliphatic hydroxyl groups is 1. The minimum absolute atomic E-state index is 0.00580. The first-order valence-corrected chi connectivity index (χ1v) is 12.4. The molecule has 2 N–H and O–H groups in total. The van der Waals surface area contributed by atoms with E-state index in [2.05, 4.69) is 29.0 Å². The molecule has 182 valence electrons. The molecule has 4 rings (SSSR count). The normalized spacial score (nSPS) is 15.5. The Morgan fingerprint density at radius 3 is 2.56 bits per heavy atom. The highest BCUT2D eigenvalue weighted by atomic mass is 16.5. The van der Waals surface area contributed by atoms with Crippen molar-refractivity contribution in [1.82, 2.24) is 19.4 Å². The largest absolute Gasteiger partial charge is 0.491 e. The van der Waals surface area contributed by atoms with Crippen molar-refractivity contribution >= 4 is 22.7 Å². The minimum atomic E-state index is -0.537. The van der Waals surface area contributed by atoms with Crippen LogP contribution in [0.2, 0.25) is 0 Å². The third-order valence-corrected chi connectivity index (χ3v) is 6.52. The Bertz CT molecular complexity index is 1120. The maximum Gasteiger partial charge on any atom is 0.252 e. The Kier molecular flexibility index (Phi) is 8.13. The van der Waals surface area contributed by atoms with Gasteiger partial charge in [-0.1, -0.05) is 33.1 Å². The van der Waals surface area contributed by atoms with Crippen molar-refractivity contribution in [2.24, 2.45) is 0 Å². The highest BCUT2D eigenvalue weighted by Gasteiger charge is 2.19. The fraction of sp³-hybridized carbons (Fsp3) is 0.500. The van der Waals surface area contributed by atoms with E-state index < -0.39 is 6.10 Å². The van der Waals surface area contributed by atoms with Gasteiger partial charge in [0.2, 0.25) is 5.95 Å². The summed E-state index contributed by atoms with van der Waals surface area (Å²) in [5.74, 6) is 1.14. The van der Waals surface area contributed by atoms with Crippen LogP contribution >= 0.6 is 0 Å². The standard InChI is InChI=1S/C26H35N5O3/c1-3-30(4-2)17-22(32)18-34-23-13-11-20(12-14-23)28-26-27-16-19-10-15-24(33)31(25(19)29-26)21-8-6-5-7-9-21/h10-16,21-22,32H,3-9,17-18H2,1-2H3,(H,27,28,29). The molecule has 1 saturated carbocycles. The zero-order chi connectivity index (χ0) is 23.9. The van der Waals surface area contributed by atoms with Gasteiger partial charge in [0, 0.05) is 35.9 Å². The summed E-state index contributed by atoms with van der Waals surface area (Å²) in [5.41, 5.74) is 1.49. The minimum Gasteiger partial charge on any atom is -0.491 e. The van der Waals surface area contributed by atoms with Crippen molar-refractivity contribution in [2.45, 2.75) is 58.1 Å². The molecule has 1 unspecified atom stereocenters. The summed E-state index contributed by atoms with van der Waals surface area (Å²) in [7, 11) is 0. The van der Waals surface area contributed by atoms with Crippen LogP contribution in [0, 0.1) is 0 Å². The van der Waals surface area contributed by atoms with Crippen LogP contribution in [0.4, 0.5) is 11.6 Å². The molecule has 0 amide bonds. The van der Waals surface area contributed by atoms with E-state index in [1.165, 1.54) is 6.42 Å². The Hall–Kier alpha value is -2.97. The van der Waals surface area contributed by atoms with Crippen molar-refractivity contribution in [3.8, 4) is 5.75 Å². The fourth-order valence-corrected chi connectivity index (χ4v) is 4.58. The number of nitrogens with zero attached hydrogens (tertiary/aromatic N) is 4. The number of anilines is 2. The quantitative estimate of drug-likeness (QED) is 0.465. The van der Waals surface area contributed by atoms with Crippen molar-refractivity contribution in [3.63, 3.8) is 0 Å². The molecule has 1 atom stereocenters. The van der Waals surface area contributed by atoms with Gasteiger partial charge in [0.05, 0.1) is 0 Å². The van der Waals surface area contributed by atoms with Gasteiger partial charge in [0.15, 0.2) is 0 Å². The third-order valence-electron chi connectivity index (χ3n) is 6.52. The zero-order valence-corrected chi connectivity index (χ0v) is 20.1. The zero-order valence-electron chi connectivity index (χ0n) is 20.1. The number of aromatic nitrogens is 3. The molecule has 0 saturated heterocycles. The number of aliphatic hydroxyl groups excluding tert-OH is 1. The first kappa shape index (κ1) is 24.2. The van der Waals surface area contributed by atoms with Crippen molar-refractivity contribution in [2.75, 3.05) is 31.6 Å². The number of benzene rings is 1. The van der Waals surface area contributed by atoms with Crippen molar-refractivity contribution in [3.05, 3.63) is 52.9 Å². The lowest BCUT2D eigenvalue weighted by atomic mass is 9.95. The molecule has 0 bridgehead atoms. The number of hydrogen-bond acceptors (Lipinski definition) is 7. The van der Waals surface area contributed by atoms with E-state index >= 15 is 0 Å². The number of fused-ring (bicyclic) bond motifs is 1. The van der Waals surface area contributed by atoms with E-state index in [1.54, 1.807) is 18.3 Å². The Morgan fingerprint density at radius 1 is 1.12 bits per heavy atom. The Morgan fingerprint density at radius 2 is 1.85 bits per heavy atom. The molecule has 8 heteroatoms. The summed E-state index contributed by atoms with van der Waals surface area (Å²) in [4.78, 5) is 24.0. The molecular weight excluding hydrogens is 430 g/mol. The van der Waals surface area contributed by atoms with E-state index in [0.717, 1.165) is 49.8 Å². The summed E-state index contributed by atoms with van der Waals surface area (Å²) in [6, 6.07) is 11.1. The van der Waals surface area contributed by atoms with Crippen LogP contribution in [0.3, 0.4) is 0 Å². The molecule has 1 aliphatic rings. The van der Waals surface area contributed by atoms with Crippen LogP contribution in [-0.2, 0) is 0 Å². The molecular formula is C26H35N5O3. The van der Waals surface area contributed by atoms with E-state index in [4.69, 9.17) is 9.72 Å². The number of nitrogens with one attached hydrogen (secondary N) is 1. The Labute approximate surface area is 200 Å². The number of ether oxygens (including phenoxy) is 1. The van der Waals surface area contributed by atoms with E-state index in [-0.39, 0.29) is 18.2 Å². The first-order chi connectivity index (χ1) is 16.6. The molecule has 2 heterocycles. The summed E-state index contributed by atoms with van der Waals surface area (Å²) in [5, 5.41) is 14.3. The molecule has 2 aromatic heterocycles. The first-order valence-electron chi connectivity index (χ1n) is 12.4. The lowest BCUT2D eigenvalue weighted by Gasteiger charge is -2.24. The predicted octanol–water partition coefficient (Wildman–Crippen LogP) is 4.12. The smallest absolute Gasteiger partial charge is 0.252 e. The highest BCUT2D eigenvalue weighted by Crippen LogP contribution is 2.29. The van der Waals surface area contributed by atoms with Crippen molar-refractivity contribution in [1.29, 1.82) is 0 Å². The van der Waals surface area contributed by atoms with Gasteiger partial charge in [-0.15, -0.1) is 0 Å². The second kappa shape index (κ2) is 11.4. The summed E-state index contributed by atoms with van der Waals surface area (Å²) in [6.45, 7) is 6.81. The number of hydrogen-bond donors (Lipinski definition) is 2. The number of likely N-dealkylation sites (N-methyl/N-ethyl adjacent to an activating group) is 1. The van der Waals surface area contributed by atoms with E-state index in [9.17, 15) is 9.90 Å². The molecule has 0 radical (unpaired) electrons. The van der Waals surface area contributed by atoms with Crippen LogP contribution in [0.5, 0.6) is 5.75 Å². The monoisotopic (exact) mass is 465 g/mol. The summed E-state index contributed by atoms with van der Waals surface area (Å²) >= 11 is 0. The maximum absolute atomic E-state index is 12.7. The van der Waals surface area contributed by atoms with E-state index in [1.807, 2.05) is 28.8 Å². The molecule has 0 aliphatic heterocycles. The number of rotatable bonds is 10. The van der Waals surface area contributed by atoms with Crippen LogP contribution in [0.25, 0.3) is 11.0 Å². The maximum atomic E-state index is 12.7. The Balaban J connectivity index is 1.44. The van der Waals surface area contributed by atoms with Gasteiger partial charge in [0.25, 0.3) is 5.56 Å². The molecule has 1 aliphatic carbocycles. The van der Waals surface area contributed by atoms with Gasteiger partial charge in [-0.2, -0.15) is 4.98 Å². The van der Waals surface area contributed by atoms with Gasteiger partial charge >= 0.3 is 0 Å². The molecule has 1 aromatic carbocycles. The second-order valence-corrected chi connectivity index (χ2v) is 8.91. The summed E-state index contributed by atoms with van der Waals surface area (Å²) in [6.07, 6.45) is 6.76. The van der Waals surface area contributed by atoms with Crippen LogP contribution in [0.15, 0.2) is 47.4 Å². The van der Waals surface area contributed by atoms with Crippen LogP contribution < -0.4 is 15.6 Å². The third kappa shape index (κ3) is 5.93.